The van der Waals surface area contributed by atoms with Gasteiger partial charge in [-0.2, -0.15) is 5.26 Å². The van der Waals surface area contributed by atoms with Crippen LogP contribution in [0.15, 0.2) is 24.3 Å². The summed E-state index contributed by atoms with van der Waals surface area (Å²) >= 11 is 5.00. The van der Waals surface area contributed by atoms with Gasteiger partial charge in [0.2, 0.25) is 0 Å². The second kappa shape index (κ2) is 5.32. The van der Waals surface area contributed by atoms with Crippen LogP contribution in [-0.2, 0) is 6.42 Å². The third-order valence-corrected chi connectivity index (χ3v) is 2.23. The van der Waals surface area contributed by atoms with E-state index in [9.17, 15) is 0 Å². The molecule has 1 aromatic carbocycles. The zero-order valence-corrected chi connectivity index (χ0v) is 9.54. The molecule has 0 saturated heterocycles. The molecule has 0 heterocycles. The molecule has 0 aromatic heterocycles. The molecule has 0 aliphatic heterocycles. The van der Waals surface area contributed by atoms with Crippen molar-refractivity contribution in [2.24, 2.45) is 0 Å². The fourth-order valence-corrected chi connectivity index (χ4v) is 1.05. The SMILES string of the molecule is CN(C)C(=S)Oc1ccc(CC#N)cc1. The highest BCUT2D eigenvalue weighted by Gasteiger charge is 2.01. The van der Waals surface area contributed by atoms with Gasteiger partial charge >= 0.3 is 0 Å². The lowest BCUT2D eigenvalue weighted by molar-refractivity contribution is 0.449. The maximum Gasteiger partial charge on any atom is 0.264 e. The molecule has 15 heavy (non-hydrogen) atoms. The van der Waals surface area contributed by atoms with Crippen molar-refractivity contribution in [1.29, 1.82) is 5.26 Å². The molecule has 1 rings (SSSR count). The summed E-state index contributed by atoms with van der Waals surface area (Å²) in [6.45, 7) is 0. The summed E-state index contributed by atoms with van der Waals surface area (Å²) in [5.41, 5.74) is 0.973. The average molecular weight is 220 g/mol. The Balaban J connectivity index is 2.65. The molecule has 0 saturated carbocycles. The molecule has 3 nitrogen and oxygen atoms in total. The Hall–Kier alpha value is -1.60. The van der Waals surface area contributed by atoms with Crippen molar-refractivity contribution in [3.63, 3.8) is 0 Å². The summed E-state index contributed by atoms with van der Waals surface area (Å²) in [5.74, 6) is 0.690. The number of nitrogens with zero attached hydrogens (tertiary/aromatic N) is 2. The summed E-state index contributed by atoms with van der Waals surface area (Å²) in [5, 5.41) is 8.92. The fourth-order valence-electron chi connectivity index (χ4n) is 0.959. The van der Waals surface area contributed by atoms with Crippen LogP contribution in [-0.4, -0.2) is 24.2 Å². The van der Waals surface area contributed by atoms with Crippen molar-refractivity contribution in [2.75, 3.05) is 14.1 Å². The monoisotopic (exact) mass is 220 g/mol. The quantitative estimate of drug-likeness (QED) is 0.714. The van der Waals surface area contributed by atoms with E-state index in [-0.39, 0.29) is 0 Å². The third kappa shape index (κ3) is 3.56. The zero-order valence-electron chi connectivity index (χ0n) is 8.73. The molecule has 0 spiro atoms. The van der Waals surface area contributed by atoms with E-state index in [1.165, 1.54) is 0 Å². The molecule has 0 fully saturated rings. The maximum absolute atomic E-state index is 8.50. The molecule has 1 aromatic rings. The van der Waals surface area contributed by atoms with Gasteiger partial charge in [0, 0.05) is 14.1 Å². The highest BCUT2D eigenvalue weighted by atomic mass is 32.1. The van der Waals surface area contributed by atoms with E-state index in [0.717, 1.165) is 5.56 Å². The van der Waals surface area contributed by atoms with Crippen molar-refractivity contribution >= 4 is 17.4 Å². The zero-order chi connectivity index (χ0) is 11.3. The van der Waals surface area contributed by atoms with Crippen LogP contribution in [0.25, 0.3) is 0 Å². The number of benzene rings is 1. The second-order valence-electron chi connectivity index (χ2n) is 3.24. The van der Waals surface area contributed by atoms with Gasteiger partial charge < -0.3 is 9.64 Å². The van der Waals surface area contributed by atoms with E-state index < -0.39 is 0 Å². The summed E-state index contributed by atoms with van der Waals surface area (Å²) in [6.07, 6.45) is 0.415. The van der Waals surface area contributed by atoms with Crippen molar-refractivity contribution in [1.82, 2.24) is 4.90 Å². The summed E-state index contributed by atoms with van der Waals surface area (Å²) in [7, 11) is 3.65. The Morgan fingerprint density at radius 2 is 2.00 bits per heavy atom. The van der Waals surface area contributed by atoms with Crippen molar-refractivity contribution in [3.05, 3.63) is 29.8 Å². The number of hydrogen-bond donors (Lipinski definition) is 0. The minimum Gasteiger partial charge on any atom is -0.432 e. The van der Waals surface area contributed by atoms with Crippen LogP contribution in [0.3, 0.4) is 0 Å². The van der Waals surface area contributed by atoms with E-state index in [2.05, 4.69) is 6.07 Å². The van der Waals surface area contributed by atoms with Gasteiger partial charge in [0.25, 0.3) is 5.17 Å². The Labute approximate surface area is 94.9 Å². The molecule has 0 aliphatic rings. The molecule has 4 heteroatoms. The van der Waals surface area contributed by atoms with Gasteiger partial charge in [0.1, 0.15) is 5.75 Å². The average Bonchev–Trinajstić information content (AvgIpc) is 2.21. The predicted octanol–water partition coefficient (Wildman–Crippen LogP) is 1.98. The molecule has 0 atom stereocenters. The van der Waals surface area contributed by atoms with Gasteiger partial charge in [-0.25, -0.2) is 0 Å². The lowest BCUT2D eigenvalue weighted by atomic mass is 10.2. The first-order valence-electron chi connectivity index (χ1n) is 4.48. The van der Waals surface area contributed by atoms with Crippen molar-refractivity contribution in [2.45, 2.75) is 6.42 Å². The molecule has 78 valence electrons. The molecular formula is C11H12N2OS. The summed E-state index contributed by atoms with van der Waals surface area (Å²) < 4.78 is 5.38. The van der Waals surface area contributed by atoms with E-state index in [0.29, 0.717) is 17.3 Å². The van der Waals surface area contributed by atoms with Gasteiger partial charge in [-0.3, -0.25) is 0 Å². The number of thiocarbonyl (C=S) groups is 1. The van der Waals surface area contributed by atoms with Crippen LogP contribution < -0.4 is 4.74 Å². The minimum atomic E-state index is 0.415. The molecule has 0 bridgehead atoms. The van der Waals surface area contributed by atoms with E-state index >= 15 is 0 Å². The van der Waals surface area contributed by atoms with E-state index in [1.807, 2.05) is 38.4 Å². The largest absolute Gasteiger partial charge is 0.432 e. The Morgan fingerprint density at radius 1 is 1.40 bits per heavy atom. The maximum atomic E-state index is 8.50. The van der Waals surface area contributed by atoms with Crippen LogP contribution in [0, 0.1) is 11.3 Å². The Kier molecular flexibility index (Phi) is 4.07. The van der Waals surface area contributed by atoms with E-state index in [4.69, 9.17) is 22.2 Å². The van der Waals surface area contributed by atoms with Crippen LogP contribution in [0.4, 0.5) is 0 Å². The summed E-state index contributed by atoms with van der Waals surface area (Å²) in [6, 6.07) is 9.42. The van der Waals surface area contributed by atoms with Crippen molar-refractivity contribution < 1.29 is 4.74 Å². The standard InChI is InChI=1S/C11H12N2OS/c1-13(2)11(15)14-10-5-3-9(4-6-10)7-8-12/h3-6H,7H2,1-2H3. The first-order valence-corrected chi connectivity index (χ1v) is 4.89. The molecule has 0 N–H and O–H groups in total. The summed E-state index contributed by atoms with van der Waals surface area (Å²) in [4.78, 5) is 1.72. The fraction of sp³-hybridized carbons (Fsp3) is 0.273. The highest BCUT2D eigenvalue weighted by Crippen LogP contribution is 2.13. The van der Waals surface area contributed by atoms with Crippen LogP contribution in [0.1, 0.15) is 5.56 Å². The molecule has 0 amide bonds. The minimum absolute atomic E-state index is 0.415. The lowest BCUT2D eigenvalue weighted by Gasteiger charge is -2.13. The smallest absolute Gasteiger partial charge is 0.264 e. The number of hydrogen-bond acceptors (Lipinski definition) is 3. The van der Waals surface area contributed by atoms with Crippen LogP contribution in [0.5, 0.6) is 5.75 Å². The van der Waals surface area contributed by atoms with Crippen LogP contribution in [0.2, 0.25) is 0 Å². The molecule has 0 unspecified atom stereocenters. The molecule has 0 aliphatic carbocycles. The topological polar surface area (TPSA) is 36.3 Å². The van der Waals surface area contributed by atoms with Gasteiger partial charge in [0.15, 0.2) is 0 Å². The number of nitriles is 1. The Morgan fingerprint density at radius 3 is 2.47 bits per heavy atom. The highest BCUT2D eigenvalue weighted by molar-refractivity contribution is 7.80. The first-order chi connectivity index (χ1) is 7.13. The molecular weight excluding hydrogens is 208 g/mol. The Bertz CT molecular complexity index is 379. The normalized spacial score (nSPS) is 9.13. The van der Waals surface area contributed by atoms with Gasteiger partial charge in [0.05, 0.1) is 12.5 Å². The van der Waals surface area contributed by atoms with Gasteiger partial charge in [-0.05, 0) is 29.9 Å². The van der Waals surface area contributed by atoms with Gasteiger partial charge in [-0.15, -0.1) is 0 Å². The van der Waals surface area contributed by atoms with Crippen molar-refractivity contribution in [3.8, 4) is 11.8 Å². The van der Waals surface area contributed by atoms with Crippen LogP contribution >= 0.6 is 12.2 Å². The molecule has 0 radical (unpaired) electrons. The lowest BCUT2D eigenvalue weighted by Crippen LogP contribution is -2.24. The second-order valence-corrected chi connectivity index (χ2v) is 3.59. The third-order valence-electron chi connectivity index (χ3n) is 1.78. The first kappa shape index (κ1) is 11.5. The van der Waals surface area contributed by atoms with E-state index in [1.54, 1.807) is 4.90 Å². The predicted molar refractivity (Wildman–Crippen MR) is 62.7 cm³/mol. The number of rotatable bonds is 2. The number of ether oxygens (including phenoxy) is 1. The van der Waals surface area contributed by atoms with Gasteiger partial charge in [-0.1, -0.05) is 12.1 Å².